The zero-order chi connectivity index (χ0) is 15.6. The van der Waals surface area contributed by atoms with Crippen molar-refractivity contribution < 1.29 is 5.11 Å². The lowest BCUT2D eigenvalue weighted by Crippen LogP contribution is -2.42. The van der Waals surface area contributed by atoms with E-state index in [4.69, 9.17) is 0 Å². The highest BCUT2D eigenvalue weighted by molar-refractivity contribution is 5.81. The Morgan fingerprint density at radius 3 is 2.83 bits per heavy atom. The number of para-hydroxylation sites is 1. The van der Waals surface area contributed by atoms with Gasteiger partial charge in [-0.1, -0.05) is 18.2 Å². The fourth-order valence-electron chi connectivity index (χ4n) is 4.17. The van der Waals surface area contributed by atoms with Gasteiger partial charge in [0.2, 0.25) is 0 Å². The maximum absolute atomic E-state index is 10.6. The lowest BCUT2D eigenvalue weighted by Gasteiger charge is -2.31. The molecule has 2 atom stereocenters. The standard InChI is InChI=1S/C19H25N3O/c23-19-13-22(16-6-8-20-9-7-16)12-15(19)11-14-5-10-21-18-4-2-1-3-17(14)18/h1-5,10,15-16,19-20,23H,6-9,11-13H2/t15-,19+/m1/s1. The molecule has 4 nitrogen and oxygen atoms in total. The summed E-state index contributed by atoms with van der Waals surface area (Å²) in [6.45, 7) is 4.06. The van der Waals surface area contributed by atoms with Crippen molar-refractivity contribution in [2.45, 2.75) is 31.4 Å². The third kappa shape index (κ3) is 3.11. The zero-order valence-electron chi connectivity index (χ0n) is 13.5. The van der Waals surface area contributed by atoms with Crippen LogP contribution in [0.2, 0.25) is 0 Å². The van der Waals surface area contributed by atoms with Crippen LogP contribution >= 0.6 is 0 Å². The van der Waals surface area contributed by atoms with Crippen LogP contribution in [0.1, 0.15) is 18.4 Å². The van der Waals surface area contributed by atoms with Gasteiger partial charge in [-0.05, 0) is 50.0 Å². The molecular weight excluding hydrogens is 286 g/mol. The third-order valence-electron chi connectivity index (χ3n) is 5.48. The number of aliphatic hydroxyl groups is 1. The topological polar surface area (TPSA) is 48.4 Å². The maximum atomic E-state index is 10.6. The average molecular weight is 311 g/mol. The van der Waals surface area contributed by atoms with E-state index >= 15 is 0 Å². The first kappa shape index (κ1) is 15.1. The van der Waals surface area contributed by atoms with Crippen molar-refractivity contribution >= 4 is 10.9 Å². The largest absolute Gasteiger partial charge is 0.391 e. The van der Waals surface area contributed by atoms with E-state index in [0.717, 1.165) is 38.1 Å². The number of nitrogens with one attached hydrogen (secondary N) is 1. The number of pyridine rings is 1. The van der Waals surface area contributed by atoms with Crippen molar-refractivity contribution in [1.29, 1.82) is 0 Å². The molecule has 0 amide bonds. The van der Waals surface area contributed by atoms with E-state index in [9.17, 15) is 5.11 Å². The first-order valence-electron chi connectivity index (χ1n) is 8.77. The fourth-order valence-corrected chi connectivity index (χ4v) is 4.17. The van der Waals surface area contributed by atoms with E-state index in [1.165, 1.54) is 23.8 Å². The second kappa shape index (κ2) is 6.56. The fraction of sp³-hybridized carbons (Fsp3) is 0.526. The van der Waals surface area contributed by atoms with Crippen molar-refractivity contribution in [3.8, 4) is 0 Å². The molecule has 0 aliphatic carbocycles. The molecule has 23 heavy (non-hydrogen) atoms. The van der Waals surface area contributed by atoms with Crippen LogP contribution in [0.3, 0.4) is 0 Å². The molecule has 2 aromatic rings. The van der Waals surface area contributed by atoms with Gasteiger partial charge in [0.25, 0.3) is 0 Å². The number of hydrogen-bond donors (Lipinski definition) is 2. The average Bonchev–Trinajstić information content (AvgIpc) is 2.97. The van der Waals surface area contributed by atoms with Crippen molar-refractivity contribution in [2.75, 3.05) is 26.2 Å². The SMILES string of the molecule is O[C@H]1CN(C2CCNCC2)C[C@H]1Cc1ccnc2ccccc12. The van der Waals surface area contributed by atoms with Crippen molar-refractivity contribution in [2.24, 2.45) is 5.92 Å². The molecule has 0 spiro atoms. The number of fused-ring (bicyclic) bond motifs is 1. The van der Waals surface area contributed by atoms with Gasteiger partial charge in [0.05, 0.1) is 11.6 Å². The first-order chi connectivity index (χ1) is 11.3. The second-order valence-corrected chi connectivity index (χ2v) is 6.95. The van der Waals surface area contributed by atoms with E-state index in [1.807, 2.05) is 12.3 Å². The number of likely N-dealkylation sites (tertiary alicyclic amines) is 1. The Morgan fingerprint density at radius 2 is 1.96 bits per heavy atom. The van der Waals surface area contributed by atoms with Gasteiger partial charge in [-0.3, -0.25) is 9.88 Å². The number of aromatic nitrogens is 1. The van der Waals surface area contributed by atoms with Crippen molar-refractivity contribution in [1.82, 2.24) is 15.2 Å². The van der Waals surface area contributed by atoms with Crippen molar-refractivity contribution in [3.05, 3.63) is 42.1 Å². The third-order valence-corrected chi connectivity index (χ3v) is 5.48. The molecule has 2 saturated heterocycles. The molecule has 2 fully saturated rings. The Labute approximate surface area is 137 Å². The Hall–Kier alpha value is -1.49. The van der Waals surface area contributed by atoms with E-state index in [-0.39, 0.29) is 6.10 Å². The van der Waals surface area contributed by atoms with E-state index in [0.29, 0.717) is 12.0 Å². The molecule has 0 bridgehead atoms. The summed E-state index contributed by atoms with van der Waals surface area (Å²) in [5, 5.41) is 15.2. The Balaban J connectivity index is 1.50. The Kier molecular flexibility index (Phi) is 4.29. The summed E-state index contributed by atoms with van der Waals surface area (Å²) < 4.78 is 0. The molecule has 1 aromatic carbocycles. The van der Waals surface area contributed by atoms with Crippen LogP contribution in [0.5, 0.6) is 0 Å². The molecule has 1 aromatic heterocycles. The normalized spacial score (nSPS) is 26.8. The summed E-state index contributed by atoms with van der Waals surface area (Å²) >= 11 is 0. The maximum Gasteiger partial charge on any atom is 0.0710 e. The lowest BCUT2D eigenvalue weighted by atomic mass is 9.94. The van der Waals surface area contributed by atoms with Crippen LogP contribution in [0.25, 0.3) is 10.9 Å². The first-order valence-corrected chi connectivity index (χ1v) is 8.77. The molecule has 3 heterocycles. The minimum atomic E-state index is -0.211. The second-order valence-electron chi connectivity index (χ2n) is 6.95. The zero-order valence-corrected chi connectivity index (χ0v) is 13.5. The molecule has 2 aliphatic heterocycles. The molecule has 2 aliphatic rings. The molecular formula is C19H25N3O. The van der Waals surface area contributed by atoms with Gasteiger partial charge in [0.15, 0.2) is 0 Å². The summed E-state index contributed by atoms with van der Waals surface area (Å²) in [5.41, 5.74) is 2.36. The highest BCUT2D eigenvalue weighted by Gasteiger charge is 2.35. The molecule has 0 saturated carbocycles. The molecule has 122 valence electrons. The van der Waals surface area contributed by atoms with E-state index in [1.54, 1.807) is 0 Å². The number of β-amino-alcohol motifs (C(OH)–C–C–N with tert-alkyl or cyclic N) is 1. The monoisotopic (exact) mass is 311 g/mol. The number of aliphatic hydroxyl groups excluding tert-OH is 1. The highest BCUT2D eigenvalue weighted by Crippen LogP contribution is 2.28. The molecule has 0 radical (unpaired) electrons. The summed E-state index contributed by atoms with van der Waals surface area (Å²) in [5.74, 6) is 0.329. The summed E-state index contributed by atoms with van der Waals surface area (Å²) in [7, 11) is 0. The number of nitrogens with zero attached hydrogens (tertiary/aromatic N) is 2. The van der Waals surface area contributed by atoms with Gasteiger partial charge in [-0.25, -0.2) is 0 Å². The minimum Gasteiger partial charge on any atom is -0.391 e. The smallest absolute Gasteiger partial charge is 0.0710 e. The summed E-state index contributed by atoms with van der Waals surface area (Å²) in [6.07, 6.45) is 5.03. The van der Waals surface area contributed by atoms with Crippen LogP contribution < -0.4 is 5.32 Å². The summed E-state index contributed by atoms with van der Waals surface area (Å²) in [4.78, 5) is 6.96. The van der Waals surface area contributed by atoms with Crippen LogP contribution in [0.15, 0.2) is 36.5 Å². The number of hydrogen-bond acceptors (Lipinski definition) is 4. The van der Waals surface area contributed by atoms with Gasteiger partial charge >= 0.3 is 0 Å². The predicted molar refractivity (Wildman–Crippen MR) is 92.4 cm³/mol. The number of rotatable bonds is 3. The van der Waals surface area contributed by atoms with E-state index < -0.39 is 0 Å². The minimum absolute atomic E-state index is 0.211. The van der Waals surface area contributed by atoms with Gasteiger partial charge < -0.3 is 10.4 Å². The van der Waals surface area contributed by atoms with Crippen LogP contribution in [-0.2, 0) is 6.42 Å². The molecule has 4 rings (SSSR count). The Morgan fingerprint density at radius 1 is 1.13 bits per heavy atom. The number of piperidine rings is 1. The lowest BCUT2D eigenvalue weighted by molar-refractivity contribution is 0.130. The Bertz CT molecular complexity index is 663. The van der Waals surface area contributed by atoms with Crippen molar-refractivity contribution in [3.63, 3.8) is 0 Å². The van der Waals surface area contributed by atoms with Gasteiger partial charge in [-0.15, -0.1) is 0 Å². The van der Waals surface area contributed by atoms with Crippen LogP contribution in [0, 0.1) is 5.92 Å². The van der Waals surface area contributed by atoms with Gasteiger partial charge in [0, 0.05) is 36.6 Å². The highest BCUT2D eigenvalue weighted by atomic mass is 16.3. The summed E-state index contributed by atoms with van der Waals surface area (Å²) in [6, 6.07) is 11.1. The predicted octanol–water partition coefficient (Wildman–Crippen LogP) is 1.82. The van der Waals surface area contributed by atoms with Gasteiger partial charge in [0.1, 0.15) is 0 Å². The number of benzene rings is 1. The van der Waals surface area contributed by atoms with E-state index in [2.05, 4.69) is 39.5 Å². The quantitative estimate of drug-likeness (QED) is 0.908. The molecule has 0 unspecified atom stereocenters. The van der Waals surface area contributed by atoms with Gasteiger partial charge in [-0.2, -0.15) is 0 Å². The molecule has 4 heteroatoms. The molecule has 2 N–H and O–H groups in total. The van der Waals surface area contributed by atoms with Crippen LogP contribution in [0.4, 0.5) is 0 Å². The van der Waals surface area contributed by atoms with Crippen LogP contribution in [-0.4, -0.2) is 53.3 Å².